The van der Waals surface area contributed by atoms with Crippen LogP contribution in [0.5, 0.6) is 0 Å². The molecule has 0 aromatic heterocycles. The summed E-state index contributed by atoms with van der Waals surface area (Å²) in [4.78, 5) is 11.6. The lowest BCUT2D eigenvalue weighted by molar-refractivity contribution is -0.137. The fourth-order valence-electron chi connectivity index (χ4n) is 1.98. The molecule has 0 spiro atoms. The second-order valence-corrected chi connectivity index (χ2v) is 5.07. The van der Waals surface area contributed by atoms with Gasteiger partial charge in [-0.05, 0) is 29.8 Å². The van der Waals surface area contributed by atoms with Gasteiger partial charge in [-0.1, -0.05) is 18.2 Å². The van der Waals surface area contributed by atoms with Gasteiger partial charge in [0.05, 0.1) is 11.7 Å². The largest absolute Gasteiger partial charge is 0.416 e. The van der Waals surface area contributed by atoms with Gasteiger partial charge in [-0.2, -0.15) is 13.2 Å². The van der Waals surface area contributed by atoms with Crippen molar-refractivity contribution in [3.05, 3.63) is 65.2 Å². The number of aliphatic hydroxyl groups is 1. The number of carbonyl (C=O) groups excluding carboxylic acids is 1. The summed E-state index contributed by atoms with van der Waals surface area (Å²) in [6, 6.07) is 5.80. The van der Waals surface area contributed by atoms with Gasteiger partial charge < -0.3 is 15.7 Å². The van der Waals surface area contributed by atoms with E-state index < -0.39 is 41.2 Å². The second kappa shape index (κ2) is 7.47. The van der Waals surface area contributed by atoms with Gasteiger partial charge in [0.15, 0.2) is 0 Å². The molecule has 0 aliphatic carbocycles. The fraction of sp³-hybridized carbons (Fsp3) is 0.188. The maximum absolute atomic E-state index is 13.4. The number of alkyl halides is 3. The molecule has 0 fully saturated rings. The van der Waals surface area contributed by atoms with Crippen LogP contribution >= 0.6 is 0 Å². The molecular formula is C16H13F5N2O2. The van der Waals surface area contributed by atoms with Crippen molar-refractivity contribution in [2.45, 2.75) is 12.3 Å². The Morgan fingerprint density at radius 1 is 1.04 bits per heavy atom. The van der Waals surface area contributed by atoms with Crippen molar-refractivity contribution in [3.8, 4) is 0 Å². The SMILES string of the molecule is O=C(NCC(O)c1ccc(C(F)(F)F)cc1)Nc1c(F)cccc1F. The summed E-state index contributed by atoms with van der Waals surface area (Å²) < 4.78 is 64.1. The molecule has 0 heterocycles. The number of urea groups is 1. The van der Waals surface area contributed by atoms with Crippen molar-refractivity contribution in [3.63, 3.8) is 0 Å². The van der Waals surface area contributed by atoms with E-state index in [1.165, 1.54) is 0 Å². The van der Waals surface area contributed by atoms with Crippen LogP contribution in [0, 0.1) is 11.6 Å². The van der Waals surface area contributed by atoms with Crippen molar-refractivity contribution in [1.82, 2.24) is 5.32 Å². The third kappa shape index (κ3) is 4.90. The Hall–Kier alpha value is -2.68. The maximum atomic E-state index is 13.4. The molecule has 2 aromatic carbocycles. The summed E-state index contributed by atoms with van der Waals surface area (Å²) in [6.07, 6.45) is -5.79. The fourth-order valence-corrected chi connectivity index (χ4v) is 1.98. The van der Waals surface area contributed by atoms with Gasteiger partial charge in [-0.15, -0.1) is 0 Å². The molecule has 1 atom stereocenters. The molecule has 0 saturated carbocycles. The quantitative estimate of drug-likeness (QED) is 0.726. The van der Waals surface area contributed by atoms with Crippen molar-refractivity contribution < 1.29 is 31.9 Å². The Balaban J connectivity index is 1.93. The lowest BCUT2D eigenvalue weighted by atomic mass is 10.1. The van der Waals surface area contributed by atoms with Crippen LogP contribution in [0.1, 0.15) is 17.2 Å². The predicted octanol–water partition coefficient (Wildman–Crippen LogP) is 3.84. The molecule has 3 N–H and O–H groups in total. The standard InChI is InChI=1S/C16H13F5N2O2/c17-11-2-1-3-12(18)14(11)23-15(25)22-8-13(24)9-4-6-10(7-5-9)16(19,20)21/h1-7,13,24H,8H2,(H2,22,23,25). The molecular weight excluding hydrogens is 347 g/mol. The lowest BCUT2D eigenvalue weighted by Gasteiger charge is -2.14. The smallest absolute Gasteiger partial charge is 0.387 e. The molecule has 1 unspecified atom stereocenters. The van der Waals surface area contributed by atoms with Gasteiger partial charge in [0.2, 0.25) is 0 Å². The monoisotopic (exact) mass is 360 g/mol. The third-order valence-corrected chi connectivity index (χ3v) is 3.28. The Morgan fingerprint density at radius 3 is 2.12 bits per heavy atom. The van der Waals surface area contributed by atoms with Crippen LogP contribution in [0.3, 0.4) is 0 Å². The predicted molar refractivity (Wildman–Crippen MR) is 79.8 cm³/mol. The average molecular weight is 360 g/mol. The van der Waals surface area contributed by atoms with E-state index in [-0.39, 0.29) is 12.1 Å². The first kappa shape index (κ1) is 18.7. The van der Waals surface area contributed by atoms with Crippen LogP contribution in [-0.4, -0.2) is 17.7 Å². The summed E-state index contributed by atoms with van der Waals surface area (Å²) in [5, 5.41) is 14.0. The van der Waals surface area contributed by atoms with E-state index >= 15 is 0 Å². The van der Waals surface area contributed by atoms with Crippen molar-refractivity contribution in [2.24, 2.45) is 0 Å². The Labute approximate surface area is 139 Å². The molecule has 2 amide bonds. The van der Waals surface area contributed by atoms with Crippen molar-refractivity contribution in [1.29, 1.82) is 0 Å². The van der Waals surface area contributed by atoms with Crippen LogP contribution in [-0.2, 0) is 6.18 Å². The maximum Gasteiger partial charge on any atom is 0.416 e. The van der Waals surface area contributed by atoms with Gasteiger partial charge in [0.1, 0.15) is 17.3 Å². The number of anilines is 1. The van der Waals surface area contributed by atoms with E-state index in [9.17, 15) is 31.9 Å². The molecule has 0 saturated heterocycles. The molecule has 0 aliphatic rings. The topological polar surface area (TPSA) is 61.4 Å². The first-order valence-corrected chi connectivity index (χ1v) is 7.02. The highest BCUT2D eigenvalue weighted by Gasteiger charge is 2.30. The number of aliphatic hydroxyl groups excluding tert-OH is 1. The molecule has 0 aliphatic heterocycles. The highest BCUT2D eigenvalue weighted by atomic mass is 19.4. The van der Waals surface area contributed by atoms with Gasteiger partial charge in [-0.3, -0.25) is 0 Å². The van der Waals surface area contributed by atoms with Gasteiger partial charge >= 0.3 is 12.2 Å². The molecule has 2 aromatic rings. The minimum atomic E-state index is -4.49. The summed E-state index contributed by atoms with van der Waals surface area (Å²) in [6.45, 7) is -0.368. The lowest BCUT2D eigenvalue weighted by Crippen LogP contribution is -2.33. The number of hydrogen-bond donors (Lipinski definition) is 3. The Kier molecular flexibility index (Phi) is 5.58. The molecule has 2 rings (SSSR count). The number of amides is 2. The average Bonchev–Trinajstić information content (AvgIpc) is 2.55. The minimum absolute atomic E-state index is 0.144. The van der Waals surface area contributed by atoms with E-state index in [1.807, 2.05) is 5.32 Å². The molecule has 9 heteroatoms. The van der Waals surface area contributed by atoms with E-state index in [0.29, 0.717) is 0 Å². The number of para-hydroxylation sites is 1. The number of rotatable bonds is 4. The molecule has 0 radical (unpaired) electrons. The Bertz CT molecular complexity index is 727. The number of nitrogens with one attached hydrogen (secondary N) is 2. The van der Waals surface area contributed by atoms with Gasteiger partial charge in [0, 0.05) is 6.54 Å². The number of halogens is 5. The zero-order chi connectivity index (χ0) is 18.6. The molecule has 134 valence electrons. The van der Waals surface area contributed by atoms with Crippen molar-refractivity contribution >= 4 is 11.7 Å². The van der Waals surface area contributed by atoms with Crippen molar-refractivity contribution in [2.75, 3.05) is 11.9 Å². The summed E-state index contributed by atoms with van der Waals surface area (Å²) in [7, 11) is 0. The van der Waals surface area contributed by atoms with Crippen LogP contribution in [0.4, 0.5) is 32.4 Å². The first-order chi connectivity index (χ1) is 11.7. The third-order valence-electron chi connectivity index (χ3n) is 3.28. The minimum Gasteiger partial charge on any atom is -0.387 e. The second-order valence-electron chi connectivity index (χ2n) is 5.07. The van der Waals surface area contributed by atoms with E-state index in [1.54, 1.807) is 0 Å². The normalized spacial score (nSPS) is 12.6. The van der Waals surface area contributed by atoms with E-state index in [2.05, 4.69) is 5.32 Å². The molecule has 4 nitrogen and oxygen atoms in total. The highest BCUT2D eigenvalue weighted by Crippen LogP contribution is 2.29. The number of carbonyl (C=O) groups is 1. The van der Waals surface area contributed by atoms with Gasteiger partial charge in [0.25, 0.3) is 0 Å². The Morgan fingerprint density at radius 2 is 1.60 bits per heavy atom. The van der Waals surface area contributed by atoms with Crippen LogP contribution in [0.25, 0.3) is 0 Å². The molecule has 0 bridgehead atoms. The van der Waals surface area contributed by atoms with Crippen LogP contribution in [0.15, 0.2) is 42.5 Å². The number of hydrogen-bond acceptors (Lipinski definition) is 2. The molecule has 25 heavy (non-hydrogen) atoms. The summed E-state index contributed by atoms with van der Waals surface area (Å²) in [5.74, 6) is -1.95. The van der Waals surface area contributed by atoms with Crippen LogP contribution < -0.4 is 10.6 Å². The number of benzene rings is 2. The van der Waals surface area contributed by atoms with Crippen LogP contribution in [0.2, 0.25) is 0 Å². The summed E-state index contributed by atoms with van der Waals surface area (Å²) >= 11 is 0. The highest BCUT2D eigenvalue weighted by molar-refractivity contribution is 5.89. The van der Waals surface area contributed by atoms with Gasteiger partial charge in [-0.25, -0.2) is 13.6 Å². The zero-order valence-corrected chi connectivity index (χ0v) is 12.6. The van der Waals surface area contributed by atoms with E-state index in [0.717, 1.165) is 42.5 Å². The summed E-state index contributed by atoms with van der Waals surface area (Å²) in [5.41, 5.74) is -1.38. The first-order valence-electron chi connectivity index (χ1n) is 7.02. The zero-order valence-electron chi connectivity index (χ0n) is 12.6. The van der Waals surface area contributed by atoms with E-state index in [4.69, 9.17) is 0 Å².